The van der Waals surface area contributed by atoms with Gasteiger partial charge in [-0.3, -0.25) is 19.2 Å². The monoisotopic (exact) mass is 391 g/mol. The SMILES string of the molecule is CCn1ncc(C(=O)N2CC[C@H](N3CCN(C)CC3)[C@H](CCC(=O)O)C2)c1C. The van der Waals surface area contributed by atoms with Gasteiger partial charge in [0.2, 0.25) is 0 Å². The van der Waals surface area contributed by atoms with Crippen molar-refractivity contribution in [1.82, 2.24) is 24.5 Å². The summed E-state index contributed by atoms with van der Waals surface area (Å²) in [5, 5.41) is 13.5. The molecule has 1 aromatic rings. The Morgan fingerprint density at radius 2 is 1.93 bits per heavy atom. The van der Waals surface area contributed by atoms with Gasteiger partial charge in [0.25, 0.3) is 5.91 Å². The molecule has 0 bridgehead atoms. The van der Waals surface area contributed by atoms with E-state index in [4.69, 9.17) is 0 Å². The Balaban J connectivity index is 1.71. The molecule has 0 spiro atoms. The molecule has 2 aliphatic heterocycles. The molecule has 2 aliphatic rings. The molecule has 8 nitrogen and oxygen atoms in total. The molecule has 1 aromatic heterocycles. The van der Waals surface area contributed by atoms with Crippen molar-refractivity contribution in [2.24, 2.45) is 5.92 Å². The van der Waals surface area contributed by atoms with Crippen LogP contribution in [0.1, 0.15) is 42.2 Å². The minimum Gasteiger partial charge on any atom is -0.481 e. The van der Waals surface area contributed by atoms with E-state index in [1.165, 1.54) is 0 Å². The van der Waals surface area contributed by atoms with E-state index in [-0.39, 0.29) is 18.2 Å². The number of nitrogens with zero attached hydrogens (tertiary/aromatic N) is 5. The molecule has 0 aromatic carbocycles. The highest BCUT2D eigenvalue weighted by molar-refractivity contribution is 5.95. The molecule has 156 valence electrons. The summed E-state index contributed by atoms with van der Waals surface area (Å²) in [4.78, 5) is 31.0. The Bertz CT molecular complexity index is 696. The molecule has 2 atom stereocenters. The predicted molar refractivity (Wildman–Crippen MR) is 106 cm³/mol. The second-order valence-corrected chi connectivity index (χ2v) is 8.10. The van der Waals surface area contributed by atoms with Crippen LogP contribution in [0.15, 0.2) is 6.20 Å². The molecular weight excluding hydrogens is 358 g/mol. The number of carbonyl (C=O) groups is 2. The number of hydrogen-bond donors (Lipinski definition) is 1. The predicted octanol–water partition coefficient (Wildman–Crippen LogP) is 1.15. The highest BCUT2D eigenvalue weighted by Gasteiger charge is 2.36. The molecule has 0 unspecified atom stereocenters. The van der Waals surface area contributed by atoms with E-state index in [1.807, 2.05) is 23.4 Å². The maximum atomic E-state index is 13.1. The molecule has 2 fully saturated rings. The van der Waals surface area contributed by atoms with E-state index < -0.39 is 5.97 Å². The quantitative estimate of drug-likeness (QED) is 0.784. The van der Waals surface area contributed by atoms with Gasteiger partial charge in [-0.15, -0.1) is 0 Å². The van der Waals surface area contributed by atoms with Gasteiger partial charge in [0.15, 0.2) is 0 Å². The standard InChI is InChI=1S/C20H33N5O3/c1-4-25-15(2)17(13-21-25)20(28)24-8-7-18(16(14-24)5-6-19(26)27)23-11-9-22(3)10-12-23/h13,16,18H,4-12,14H2,1-3H3,(H,26,27)/t16-,18+/m1/s1. The van der Waals surface area contributed by atoms with Crippen LogP contribution >= 0.6 is 0 Å². The first-order valence-electron chi connectivity index (χ1n) is 10.4. The molecule has 0 radical (unpaired) electrons. The number of carbonyl (C=O) groups excluding carboxylic acids is 1. The Morgan fingerprint density at radius 3 is 2.54 bits per heavy atom. The number of aryl methyl sites for hydroxylation is 1. The lowest BCUT2D eigenvalue weighted by atomic mass is 9.86. The summed E-state index contributed by atoms with van der Waals surface area (Å²) in [5.74, 6) is -0.547. The minimum absolute atomic E-state index is 0.0225. The molecule has 8 heteroatoms. The number of likely N-dealkylation sites (tertiary alicyclic amines) is 1. The number of carboxylic acid groups (broad SMARTS) is 1. The number of likely N-dealkylation sites (N-methyl/N-ethyl adjacent to an activating group) is 1. The van der Waals surface area contributed by atoms with Crippen molar-refractivity contribution in [3.05, 3.63) is 17.5 Å². The van der Waals surface area contributed by atoms with Crippen LogP contribution in [-0.4, -0.2) is 93.8 Å². The van der Waals surface area contributed by atoms with Crippen molar-refractivity contribution in [2.75, 3.05) is 46.3 Å². The van der Waals surface area contributed by atoms with E-state index in [1.54, 1.807) is 6.20 Å². The van der Waals surface area contributed by atoms with Crippen molar-refractivity contribution in [3.8, 4) is 0 Å². The van der Waals surface area contributed by atoms with E-state index in [0.717, 1.165) is 51.4 Å². The zero-order valence-corrected chi connectivity index (χ0v) is 17.3. The molecule has 1 N–H and O–H groups in total. The lowest BCUT2D eigenvalue weighted by Gasteiger charge is -2.46. The molecule has 28 heavy (non-hydrogen) atoms. The minimum atomic E-state index is -0.763. The van der Waals surface area contributed by atoms with Crippen LogP contribution in [0, 0.1) is 12.8 Å². The van der Waals surface area contributed by atoms with Crippen molar-refractivity contribution < 1.29 is 14.7 Å². The number of aliphatic carboxylic acids is 1. The third-order valence-corrected chi connectivity index (χ3v) is 6.35. The van der Waals surface area contributed by atoms with E-state index in [0.29, 0.717) is 24.6 Å². The van der Waals surface area contributed by atoms with Crippen LogP contribution in [0.5, 0.6) is 0 Å². The van der Waals surface area contributed by atoms with Crippen LogP contribution in [0.3, 0.4) is 0 Å². The molecular formula is C20H33N5O3. The fourth-order valence-electron chi connectivity index (χ4n) is 4.58. The third-order valence-electron chi connectivity index (χ3n) is 6.35. The van der Waals surface area contributed by atoms with E-state index >= 15 is 0 Å². The second-order valence-electron chi connectivity index (χ2n) is 8.10. The molecule has 3 heterocycles. The molecule has 2 saturated heterocycles. The van der Waals surface area contributed by atoms with Crippen molar-refractivity contribution in [1.29, 1.82) is 0 Å². The van der Waals surface area contributed by atoms with E-state index in [2.05, 4.69) is 21.9 Å². The number of aromatic nitrogens is 2. The van der Waals surface area contributed by atoms with Gasteiger partial charge in [-0.05, 0) is 39.7 Å². The summed E-state index contributed by atoms with van der Waals surface area (Å²) >= 11 is 0. The highest BCUT2D eigenvalue weighted by atomic mass is 16.4. The lowest BCUT2D eigenvalue weighted by molar-refractivity contribution is -0.137. The zero-order chi connectivity index (χ0) is 20.3. The summed E-state index contributed by atoms with van der Waals surface area (Å²) in [6.07, 6.45) is 3.34. The van der Waals surface area contributed by atoms with E-state index in [9.17, 15) is 14.7 Å². The van der Waals surface area contributed by atoms with Gasteiger partial charge < -0.3 is 14.9 Å². The van der Waals surface area contributed by atoms with Crippen molar-refractivity contribution in [3.63, 3.8) is 0 Å². The topological polar surface area (TPSA) is 81.9 Å². The maximum absolute atomic E-state index is 13.1. The van der Waals surface area contributed by atoms with Crippen molar-refractivity contribution in [2.45, 2.75) is 45.7 Å². The molecule has 0 aliphatic carbocycles. The van der Waals surface area contributed by atoms with Gasteiger partial charge in [-0.1, -0.05) is 0 Å². The summed E-state index contributed by atoms with van der Waals surface area (Å²) in [5.41, 5.74) is 1.56. The first-order chi connectivity index (χ1) is 13.4. The summed E-state index contributed by atoms with van der Waals surface area (Å²) in [6, 6.07) is 0.358. The normalized spacial score (nSPS) is 24.5. The van der Waals surface area contributed by atoms with Gasteiger partial charge in [-0.2, -0.15) is 5.10 Å². The Hall–Kier alpha value is -1.93. The number of hydrogen-bond acceptors (Lipinski definition) is 5. The molecule has 0 saturated carbocycles. The van der Waals surface area contributed by atoms with Gasteiger partial charge >= 0.3 is 5.97 Å². The molecule has 3 rings (SSSR count). The van der Waals surface area contributed by atoms with Gasteiger partial charge in [0.1, 0.15) is 0 Å². The second kappa shape index (κ2) is 9.05. The maximum Gasteiger partial charge on any atom is 0.303 e. The Labute approximate surface area is 167 Å². The van der Waals surface area contributed by atoms with Gasteiger partial charge in [0, 0.05) is 64.0 Å². The number of amides is 1. The van der Waals surface area contributed by atoms with Crippen LogP contribution in [0.2, 0.25) is 0 Å². The average Bonchev–Trinajstić information content (AvgIpc) is 3.06. The van der Waals surface area contributed by atoms with Crippen LogP contribution in [0.25, 0.3) is 0 Å². The Kier molecular flexibility index (Phi) is 6.72. The Morgan fingerprint density at radius 1 is 1.21 bits per heavy atom. The van der Waals surface area contributed by atoms with Crippen LogP contribution < -0.4 is 0 Å². The third kappa shape index (κ3) is 4.55. The lowest BCUT2D eigenvalue weighted by Crippen LogP contribution is -2.57. The summed E-state index contributed by atoms with van der Waals surface area (Å²) in [6.45, 7) is 10.1. The first-order valence-corrected chi connectivity index (χ1v) is 10.4. The van der Waals surface area contributed by atoms with Crippen LogP contribution in [0.4, 0.5) is 0 Å². The molecule has 1 amide bonds. The summed E-state index contributed by atoms with van der Waals surface area (Å²) in [7, 11) is 2.14. The summed E-state index contributed by atoms with van der Waals surface area (Å²) < 4.78 is 1.84. The smallest absolute Gasteiger partial charge is 0.303 e. The fourth-order valence-corrected chi connectivity index (χ4v) is 4.58. The zero-order valence-electron chi connectivity index (χ0n) is 17.3. The van der Waals surface area contributed by atoms with Gasteiger partial charge in [-0.25, -0.2) is 0 Å². The number of rotatable bonds is 6. The van der Waals surface area contributed by atoms with Gasteiger partial charge in [0.05, 0.1) is 11.8 Å². The number of piperazine rings is 1. The highest BCUT2D eigenvalue weighted by Crippen LogP contribution is 2.28. The fraction of sp³-hybridized carbons (Fsp3) is 0.750. The van der Waals surface area contributed by atoms with Crippen LogP contribution in [-0.2, 0) is 11.3 Å². The number of piperidine rings is 1. The average molecular weight is 392 g/mol. The van der Waals surface area contributed by atoms with Crippen molar-refractivity contribution >= 4 is 11.9 Å². The number of carboxylic acids is 1. The first kappa shape index (κ1) is 20.8. The largest absolute Gasteiger partial charge is 0.481 e.